The second kappa shape index (κ2) is 4.01. The summed E-state index contributed by atoms with van der Waals surface area (Å²) in [5.74, 6) is 0.737. The van der Waals surface area contributed by atoms with Crippen molar-refractivity contribution < 1.29 is 4.42 Å². The average molecular weight is 292 g/mol. The van der Waals surface area contributed by atoms with E-state index in [4.69, 9.17) is 10.2 Å². The van der Waals surface area contributed by atoms with Crippen LogP contribution in [0, 0.1) is 0 Å². The van der Waals surface area contributed by atoms with Crippen LogP contribution in [0.25, 0.3) is 17.1 Å². The van der Waals surface area contributed by atoms with Gasteiger partial charge in [-0.2, -0.15) is 0 Å². The summed E-state index contributed by atoms with van der Waals surface area (Å²) in [6.45, 7) is 0.403. The van der Waals surface area contributed by atoms with Crippen LogP contribution in [-0.4, -0.2) is 9.38 Å². The number of nitrogens with two attached hydrogens (primary N) is 1. The molecule has 3 heterocycles. The Morgan fingerprint density at radius 2 is 2.18 bits per heavy atom. The fraction of sp³-hybridized carbons (Fsp3) is 0.0833. The van der Waals surface area contributed by atoms with Crippen molar-refractivity contribution in [3.63, 3.8) is 0 Å². The quantitative estimate of drug-likeness (QED) is 0.739. The first-order valence-corrected chi connectivity index (χ1v) is 6.00. The van der Waals surface area contributed by atoms with E-state index >= 15 is 0 Å². The molecule has 3 aromatic heterocycles. The van der Waals surface area contributed by atoms with Gasteiger partial charge < -0.3 is 10.2 Å². The molecule has 4 nitrogen and oxygen atoms in total. The standard InChI is InChI=1S/C12H10BrN3O/c13-10-4-1-5-11-15-12(8(7-14)16(10)11)9-3-2-6-17-9/h1-6H,7,14H2. The molecule has 17 heavy (non-hydrogen) atoms. The van der Waals surface area contributed by atoms with Gasteiger partial charge in [0.15, 0.2) is 5.76 Å². The summed E-state index contributed by atoms with van der Waals surface area (Å²) in [6.07, 6.45) is 1.63. The third-order valence-corrected chi connectivity index (χ3v) is 3.26. The predicted molar refractivity (Wildman–Crippen MR) is 68.5 cm³/mol. The molecule has 0 spiro atoms. The number of imidazole rings is 1. The molecule has 0 saturated carbocycles. The molecular weight excluding hydrogens is 282 g/mol. The van der Waals surface area contributed by atoms with E-state index < -0.39 is 0 Å². The lowest BCUT2D eigenvalue weighted by Gasteiger charge is -2.02. The summed E-state index contributed by atoms with van der Waals surface area (Å²) >= 11 is 3.50. The van der Waals surface area contributed by atoms with Gasteiger partial charge in [0, 0.05) is 6.54 Å². The molecule has 0 radical (unpaired) electrons. The second-order valence-electron chi connectivity index (χ2n) is 3.63. The summed E-state index contributed by atoms with van der Waals surface area (Å²) in [6, 6.07) is 9.57. The zero-order valence-corrected chi connectivity index (χ0v) is 10.5. The van der Waals surface area contributed by atoms with Crippen molar-refractivity contribution in [2.24, 2.45) is 5.73 Å². The van der Waals surface area contributed by atoms with Crippen LogP contribution < -0.4 is 5.73 Å². The summed E-state index contributed by atoms with van der Waals surface area (Å²) in [7, 11) is 0. The van der Waals surface area contributed by atoms with E-state index in [9.17, 15) is 0 Å². The summed E-state index contributed by atoms with van der Waals surface area (Å²) in [5.41, 5.74) is 8.39. The molecule has 0 aliphatic carbocycles. The van der Waals surface area contributed by atoms with E-state index in [1.165, 1.54) is 0 Å². The number of rotatable bonds is 2. The zero-order chi connectivity index (χ0) is 11.8. The SMILES string of the molecule is NCc1c(-c2ccco2)nc2cccc(Br)n12. The minimum atomic E-state index is 0.403. The minimum absolute atomic E-state index is 0.403. The summed E-state index contributed by atoms with van der Waals surface area (Å²) in [5, 5.41) is 0. The van der Waals surface area contributed by atoms with Crippen molar-refractivity contribution in [1.29, 1.82) is 0 Å². The van der Waals surface area contributed by atoms with E-state index in [2.05, 4.69) is 20.9 Å². The summed E-state index contributed by atoms with van der Waals surface area (Å²) in [4.78, 5) is 4.55. The number of hydrogen-bond acceptors (Lipinski definition) is 3. The zero-order valence-electron chi connectivity index (χ0n) is 8.93. The molecule has 5 heteroatoms. The molecule has 0 unspecified atom stereocenters. The number of hydrogen-bond donors (Lipinski definition) is 1. The van der Waals surface area contributed by atoms with Crippen LogP contribution in [0.15, 0.2) is 45.6 Å². The minimum Gasteiger partial charge on any atom is -0.463 e. The van der Waals surface area contributed by atoms with Gasteiger partial charge in [0.25, 0.3) is 0 Å². The Bertz CT molecular complexity index is 658. The fourth-order valence-electron chi connectivity index (χ4n) is 1.91. The normalized spacial score (nSPS) is 11.2. The highest BCUT2D eigenvalue weighted by molar-refractivity contribution is 9.10. The third kappa shape index (κ3) is 1.59. The lowest BCUT2D eigenvalue weighted by atomic mass is 10.2. The number of halogens is 1. The van der Waals surface area contributed by atoms with Gasteiger partial charge in [-0.3, -0.25) is 4.40 Å². The van der Waals surface area contributed by atoms with E-state index in [0.717, 1.165) is 27.4 Å². The molecule has 0 amide bonds. The maximum Gasteiger partial charge on any atom is 0.154 e. The predicted octanol–water partition coefficient (Wildman–Crippen LogP) is 2.82. The highest BCUT2D eigenvalue weighted by Crippen LogP contribution is 2.27. The number of nitrogens with zero attached hydrogens (tertiary/aromatic N) is 2. The van der Waals surface area contributed by atoms with Gasteiger partial charge in [0.05, 0.1) is 16.6 Å². The van der Waals surface area contributed by atoms with Crippen molar-refractivity contribution in [3.05, 3.63) is 46.9 Å². The van der Waals surface area contributed by atoms with Crippen LogP contribution in [0.3, 0.4) is 0 Å². The van der Waals surface area contributed by atoms with Crippen LogP contribution in [0.5, 0.6) is 0 Å². The van der Waals surface area contributed by atoms with Crippen molar-refractivity contribution in [2.45, 2.75) is 6.54 Å². The average Bonchev–Trinajstić information content (AvgIpc) is 2.95. The van der Waals surface area contributed by atoms with Crippen molar-refractivity contribution in [1.82, 2.24) is 9.38 Å². The van der Waals surface area contributed by atoms with E-state index in [0.29, 0.717) is 6.54 Å². The van der Waals surface area contributed by atoms with Gasteiger partial charge in [-0.25, -0.2) is 4.98 Å². The van der Waals surface area contributed by atoms with Crippen molar-refractivity contribution in [2.75, 3.05) is 0 Å². The molecule has 0 fully saturated rings. The largest absolute Gasteiger partial charge is 0.463 e. The fourth-order valence-corrected chi connectivity index (χ4v) is 2.46. The Balaban J connectivity index is 2.37. The maximum absolute atomic E-state index is 5.81. The van der Waals surface area contributed by atoms with Gasteiger partial charge in [0.2, 0.25) is 0 Å². The number of aromatic nitrogens is 2. The Morgan fingerprint density at radius 3 is 2.88 bits per heavy atom. The Labute approximate surface area is 106 Å². The first kappa shape index (κ1) is 10.6. The first-order valence-electron chi connectivity index (χ1n) is 5.21. The van der Waals surface area contributed by atoms with Crippen molar-refractivity contribution in [3.8, 4) is 11.5 Å². The van der Waals surface area contributed by atoms with Crippen LogP contribution in [0.1, 0.15) is 5.69 Å². The third-order valence-electron chi connectivity index (χ3n) is 2.64. The monoisotopic (exact) mass is 291 g/mol. The molecule has 0 aliphatic heterocycles. The smallest absolute Gasteiger partial charge is 0.154 e. The maximum atomic E-state index is 5.81. The van der Waals surface area contributed by atoms with Gasteiger partial charge >= 0.3 is 0 Å². The van der Waals surface area contributed by atoms with Crippen molar-refractivity contribution >= 4 is 21.6 Å². The highest BCUT2D eigenvalue weighted by Gasteiger charge is 2.15. The highest BCUT2D eigenvalue weighted by atomic mass is 79.9. The molecule has 0 aliphatic rings. The van der Waals surface area contributed by atoms with Crippen LogP contribution in [0.2, 0.25) is 0 Å². The van der Waals surface area contributed by atoms with Gasteiger partial charge in [-0.05, 0) is 40.2 Å². The molecule has 0 saturated heterocycles. The van der Waals surface area contributed by atoms with Gasteiger partial charge in [-0.15, -0.1) is 0 Å². The van der Waals surface area contributed by atoms with E-state index in [-0.39, 0.29) is 0 Å². The van der Waals surface area contributed by atoms with E-state index in [1.807, 2.05) is 34.7 Å². The lowest BCUT2D eigenvalue weighted by molar-refractivity contribution is 0.579. The Morgan fingerprint density at radius 1 is 1.29 bits per heavy atom. The van der Waals surface area contributed by atoms with Gasteiger partial charge in [0.1, 0.15) is 11.3 Å². The van der Waals surface area contributed by atoms with Gasteiger partial charge in [-0.1, -0.05) is 6.07 Å². The first-order chi connectivity index (χ1) is 8.31. The van der Waals surface area contributed by atoms with Crippen LogP contribution in [-0.2, 0) is 6.54 Å². The van der Waals surface area contributed by atoms with Crippen LogP contribution in [0.4, 0.5) is 0 Å². The number of fused-ring (bicyclic) bond motifs is 1. The molecular formula is C12H10BrN3O. The van der Waals surface area contributed by atoms with Crippen LogP contribution >= 0.6 is 15.9 Å². The molecule has 2 N–H and O–H groups in total. The molecule has 86 valence electrons. The Kier molecular flexibility index (Phi) is 2.49. The molecule has 0 atom stereocenters. The molecule has 3 aromatic rings. The lowest BCUT2D eigenvalue weighted by Crippen LogP contribution is -2.03. The second-order valence-corrected chi connectivity index (χ2v) is 4.44. The topological polar surface area (TPSA) is 56.5 Å². The number of furan rings is 1. The van der Waals surface area contributed by atoms with E-state index in [1.54, 1.807) is 6.26 Å². The molecule has 0 aromatic carbocycles. The summed E-state index contributed by atoms with van der Waals surface area (Å²) < 4.78 is 8.30. The Hall–Kier alpha value is -1.59. The molecule has 0 bridgehead atoms. The number of pyridine rings is 1. The molecule has 3 rings (SSSR count).